The van der Waals surface area contributed by atoms with Crippen LogP contribution in [0.4, 0.5) is 4.79 Å². The first kappa shape index (κ1) is 15.0. The van der Waals surface area contributed by atoms with Gasteiger partial charge < -0.3 is 14.7 Å². The van der Waals surface area contributed by atoms with Crippen molar-refractivity contribution < 1.29 is 14.6 Å². The summed E-state index contributed by atoms with van der Waals surface area (Å²) in [6.07, 6.45) is 3.50. The van der Waals surface area contributed by atoms with Gasteiger partial charge in [-0.25, -0.2) is 4.79 Å². The van der Waals surface area contributed by atoms with Crippen molar-refractivity contribution in [3.63, 3.8) is 0 Å². The van der Waals surface area contributed by atoms with Crippen molar-refractivity contribution in [2.45, 2.75) is 58.1 Å². The van der Waals surface area contributed by atoms with Gasteiger partial charge in [-0.2, -0.15) is 0 Å². The third-order valence-corrected chi connectivity index (χ3v) is 3.00. The Kier molecular flexibility index (Phi) is 5.20. The van der Waals surface area contributed by atoms with Gasteiger partial charge in [0, 0.05) is 12.6 Å². The number of aliphatic hydroxyl groups excluding tert-OH is 1. The maximum atomic E-state index is 12.1. The fourth-order valence-corrected chi connectivity index (χ4v) is 2.17. The molecule has 4 heteroatoms. The summed E-state index contributed by atoms with van der Waals surface area (Å²) in [5.74, 6) is 0. The largest absolute Gasteiger partial charge is 0.444 e. The Hall–Kier alpha value is -1.03. The first-order valence-electron chi connectivity index (χ1n) is 6.60. The molecule has 4 nitrogen and oxygen atoms in total. The fraction of sp³-hybridized carbons (Fsp3) is 0.786. The molecule has 1 heterocycles. The fourth-order valence-electron chi connectivity index (χ4n) is 2.17. The van der Waals surface area contributed by atoms with Crippen LogP contribution in [0, 0.1) is 0 Å². The molecule has 1 rings (SSSR count). The molecule has 0 unspecified atom stereocenters. The predicted octanol–water partition coefficient (Wildman–Crippen LogP) is 2.71. The Labute approximate surface area is 110 Å². The van der Waals surface area contributed by atoms with Crippen molar-refractivity contribution in [3.8, 4) is 0 Å². The molecular weight excluding hydrogens is 230 g/mol. The molecule has 1 saturated heterocycles. The number of nitrogens with zero attached hydrogens (tertiary/aromatic N) is 1. The average molecular weight is 255 g/mol. The highest BCUT2D eigenvalue weighted by atomic mass is 16.6. The lowest BCUT2D eigenvalue weighted by atomic mass is 9.97. The summed E-state index contributed by atoms with van der Waals surface area (Å²) in [7, 11) is 0. The monoisotopic (exact) mass is 255 g/mol. The molecule has 0 radical (unpaired) electrons. The van der Waals surface area contributed by atoms with E-state index in [-0.39, 0.29) is 18.7 Å². The SMILES string of the molecule is C=C(CO)C[C@@H]1CCCCN1C(=O)OC(C)(C)C. The smallest absolute Gasteiger partial charge is 0.410 e. The van der Waals surface area contributed by atoms with Crippen LogP contribution < -0.4 is 0 Å². The lowest BCUT2D eigenvalue weighted by Crippen LogP contribution is -2.46. The maximum absolute atomic E-state index is 12.1. The molecule has 1 N–H and O–H groups in total. The number of likely N-dealkylation sites (tertiary alicyclic amines) is 1. The zero-order valence-corrected chi connectivity index (χ0v) is 11.7. The summed E-state index contributed by atoms with van der Waals surface area (Å²) in [6, 6.07) is 0.119. The molecule has 18 heavy (non-hydrogen) atoms. The molecular formula is C14H25NO3. The van der Waals surface area contributed by atoms with E-state index in [1.54, 1.807) is 4.90 Å². The van der Waals surface area contributed by atoms with E-state index in [1.807, 2.05) is 20.8 Å². The van der Waals surface area contributed by atoms with Gasteiger partial charge in [0.15, 0.2) is 0 Å². The molecule has 0 bridgehead atoms. The first-order valence-corrected chi connectivity index (χ1v) is 6.60. The number of aliphatic hydroxyl groups is 1. The molecule has 0 aromatic carbocycles. The van der Waals surface area contributed by atoms with Crippen LogP contribution in [0.5, 0.6) is 0 Å². The van der Waals surface area contributed by atoms with E-state index in [1.165, 1.54) is 0 Å². The number of carbonyl (C=O) groups excluding carboxylic acids is 1. The summed E-state index contributed by atoms with van der Waals surface area (Å²) < 4.78 is 5.42. The second kappa shape index (κ2) is 6.23. The molecule has 1 fully saturated rings. The van der Waals surface area contributed by atoms with Crippen LogP contribution >= 0.6 is 0 Å². The molecule has 1 aliphatic rings. The van der Waals surface area contributed by atoms with E-state index in [0.717, 1.165) is 31.4 Å². The van der Waals surface area contributed by atoms with Crippen molar-refractivity contribution in [1.82, 2.24) is 4.90 Å². The number of amides is 1. The third-order valence-electron chi connectivity index (χ3n) is 3.00. The van der Waals surface area contributed by atoms with Crippen LogP contribution in [0.25, 0.3) is 0 Å². The Morgan fingerprint density at radius 1 is 1.44 bits per heavy atom. The summed E-state index contributed by atoms with van der Waals surface area (Å²) in [6.45, 7) is 10.1. The number of hydrogen-bond acceptors (Lipinski definition) is 3. The summed E-state index contributed by atoms with van der Waals surface area (Å²) in [4.78, 5) is 13.9. The quantitative estimate of drug-likeness (QED) is 0.789. The second-order valence-electron chi connectivity index (χ2n) is 5.94. The molecule has 0 aliphatic carbocycles. The van der Waals surface area contributed by atoms with E-state index < -0.39 is 5.60 Å². The Morgan fingerprint density at radius 3 is 2.67 bits per heavy atom. The predicted molar refractivity (Wildman–Crippen MR) is 71.4 cm³/mol. The van der Waals surface area contributed by atoms with Crippen molar-refractivity contribution >= 4 is 6.09 Å². The topological polar surface area (TPSA) is 49.8 Å². The summed E-state index contributed by atoms with van der Waals surface area (Å²) in [5, 5.41) is 9.04. The van der Waals surface area contributed by atoms with E-state index in [0.29, 0.717) is 6.42 Å². The first-order chi connectivity index (χ1) is 8.33. The van der Waals surface area contributed by atoms with E-state index in [4.69, 9.17) is 9.84 Å². The molecule has 0 aromatic heterocycles. The van der Waals surface area contributed by atoms with Crippen molar-refractivity contribution in [3.05, 3.63) is 12.2 Å². The van der Waals surface area contributed by atoms with Gasteiger partial charge in [-0.1, -0.05) is 12.2 Å². The van der Waals surface area contributed by atoms with E-state index >= 15 is 0 Å². The standard InChI is InChI=1S/C14H25NO3/c1-11(10-16)9-12-7-5-6-8-15(12)13(17)18-14(2,3)4/h12,16H,1,5-10H2,2-4H3/t12-/m0/s1. The highest BCUT2D eigenvalue weighted by Gasteiger charge is 2.30. The van der Waals surface area contributed by atoms with Crippen LogP contribution in [-0.2, 0) is 4.74 Å². The van der Waals surface area contributed by atoms with Gasteiger partial charge in [0.25, 0.3) is 0 Å². The highest BCUT2D eigenvalue weighted by molar-refractivity contribution is 5.68. The van der Waals surface area contributed by atoms with Crippen molar-refractivity contribution in [2.24, 2.45) is 0 Å². The van der Waals surface area contributed by atoms with Gasteiger partial charge in [0.05, 0.1) is 6.61 Å². The average Bonchev–Trinajstić information content (AvgIpc) is 2.27. The maximum Gasteiger partial charge on any atom is 0.410 e. The number of hydrogen-bond donors (Lipinski definition) is 1. The van der Waals surface area contributed by atoms with Crippen LogP contribution in [0.1, 0.15) is 46.5 Å². The van der Waals surface area contributed by atoms with Crippen LogP contribution in [0.2, 0.25) is 0 Å². The molecule has 0 saturated carbocycles. The zero-order valence-electron chi connectivity index (χ0n) is 11.7. The van der Waals surface area contributed by atoms with Crippen LogP contribution in [0.3, 0.4) is 0 Å². The number of carbonyl (C=O) groups is 1. The van der Waals surface area contributed by atoms with Gasteiger partial charge in [-0.3, -0.25) is 0 Å². The van der Waals surface area contributed by atoms with Crippen LogP contribution in [0.15, 0.2) is 12.2 Å². The Morgan fingerprint density at radius 2 is 2.11 bits per heavy atom. The van der Waals surface area contributed by atoms with Gasteiger partial charge in [-0.15, -0.1) is 0 Å². The second-order valence-corrected chi connectivity index (χ2v) is 5.94. The van der Waals surface area contributed by atoms with Crippen LogP contribution in [-0.4, -0.2) is 40.9 Å². The van der Waals surface area contributed by atoms with E-state index in [2.05, 4.69) is 6.58 Å². The number of ether oxygens (including phenoxy) is 1. The van der Waals surface area contributed by atoms with Gasteiger partial charge in [0.2, 0.25) is 0 Å². The third kappa shape index (κ3) is 4.69. The van der Waals surface area contributed by atoms with Gasteiger partial charge in [-0.05, 0) is 46.5 Å². The molecule has 104 valence electrons. The molecule has 1 aliphatic heterocycles. The minimum Gasteiger partial charge on any atom is -0.444 e. The lowest BCUT2D eigenvalue weighted by molar-refractivity contribution is 0.00969. The minimum absolute atomic E-state index is 0.0152. The zero-order chi connectivity index (χ0) is 13.8. The summed E-state index contributed by atoms with van der Waals surface area (Å²) in [5.41, 5.74) is 0.308. The number of rotatable bonds is 3. The molecule has 0 aromatic rings. The minimum atomic E-state index is -0.465. The molecule has 0 spiro atoms. The van der Waals surface area contributed by atoms with Crippen molar-refractivity contribution in [2.75, 3.05) is 13.2 Å². The molecule has 1 atom stereocenters. The number of piperidine rings is 1. The highest BCUT2D eigenvalue weighted by Crippen LogP contribution is 2.24. The Balaban J connectivity index is 2.64. The summed E-state index contributed by atoms with van der Waals surface area (Å²) >= 11 is 0. The van der Waals surface area contributed by atoms with Gasteiger partial charge in [0.1, 0.15) is 5.60 Å². The normalized spacial score (nSPS) is 20.7. The van der Waals surface area contributed by atoms with E-state index in [9.17, 15) is 4.79 Å². The van der Waals surface area contributed by atoms with Crippen molar-refractivity contribution in [1.29, 1.82) is 0 Å². The Bertz CT molecular complexity index is 307. The molecule has 1 amide bonds. The van der Waals surface area contributed by atoms with Gasteiger partial charge >= 0.3 is 6.09 Å². The lowest BCUT2D eigenvalue weighted by Gasteiger charge is -2.37.